The predicted molar refractivity (Wildman–Crippen MR) is 94.3 cm³/mol. The van der Waals surface area contributed by atoms with Crippen molar-refractivity contribution in [2.75, 3.05) is 25.1 Å². The Hall–Kier alpha value is -2.21. The molecule has 0 radical (unpaired) electrons. The van der Waals surface area contributed by atoms with E-state index in [9.17, 15) is 4.39 Å². The Labute approximate surface area is 147 Å². The molecular formula is C19H24FN3O2. The molecule has 2 aromatic rings. The number of ether oxygens (including phenoxy) is 2. The number of nitrogens with zero attached hydrogens (tertiary/aromatic N) is 2. The third-order valence-corrected chi connectivity index (χ3v) is 4.36. The minimum absolute atomic E-state index is 0.225. The van der Waals surface area contributed by atoms with Gasteiger partial charge in [0, 0.05) is 24.6 Å². The molecular weight excluding hydrogens is 321 g/mol. The van der Waals surface area contributed by atoms with Crippen molar-refractivity contribution < 1.29 is 13.9 Å². The topological polar surface area (TPSA) is 56.3 Å². The Morgan fingerprint density at radius 1 is 1.36 bits per heavy atom. The predicted octanol–water partition coefficient (Wildman–Crippen LogP) is 3.51. The van der Waals surface area contributed by atoms with Gasteiger partial charge in [-0.3, -0.25) is 0 Å². The van der Waals surface area contributed by atoms with Crippen molar-refractivity contribution in [2.24, 2.45) is 5.92 Å². The number of hydrogen-bond donors (Lipinski definition) is 1. The van der Waals surface area contributed by atoms with E-state index in [2.05, 4.69) is 15.3 Å². The van der Waals surface area contributed by atoms with Crippen LogP contribution in [0.2, 0.25) is 0 Å². The standard InChI is InChI=1S/C19H24FN3O2/c1-3-16-18(20)19(23-12-22-16)21-9-15-5-4-13(2)8-17(15)25-11-14-6-7-24-10-14/h4-5,8,12,14H,3,6-7,9-11H2,1-2H3,(H,21,22,23). The largest absolute Gasteiger partial charge is 0.493 e. The summed E-state index contributed by atoms with van der Waals surface area (Å²) in [6.07, 6.45) is 2.95. The summed E-state index contributed by atoms with van der Waals surface area (Å²) in [5.41, 5.74) is 2.52. The first-order valence-corrected chi connectivity index (χ1v) is 8.70. The van der Waals surface area contributed by atoms with Crippen LogP contribution < -0.4 is 10.1 Å². The summed E-state index contributed by atoms with van der Waals surface area (Å²) in [6, 6.07) is 6.04. The number of anilines is 1. The lowest BCUT2D eigenvalue weighted by Crippen LogP contribution is -2.13. The normalized spacial score (nSPS) is 16.8. The summed E-state index contributed by atoms with van der Waals surface area (Å²) in [5.74, 6) is 1.10. The summed E-state index contributed by atoms with van der Waals surface area (Å²) in [7, 11) is 0. The molecule has 1 aromatic carbocycles. The lowest BCUT2D eigenvalue weighted by Gasteiger charge is -2.16. The maximum atomic E-state index is 14.3. The fraction of sp³-hybridized carbons (Fsp3) is 0.474. The van der Waals surface area contributed by atoms with Gasteiger partial charge in [0.25, 0.3) is 0 Å². The van der Waals surface area contributed by atoms with E-state index in [1.165, 1.54) is 6.33 Å². The molecule has 5 nitrogen and oxygen atoms in total. The van der Waals surface area contributed by atoms with Gasteiger partial charge in [-0.25, -0.2) is 14.4 Å². The van der Waals surface area contributed by atoms with Gasteiger partial charge < -0.3 is 14.8 Å². The second kappa shape index (κ2) is 8.25. The fourth-order valence-electron chi connectivity index (χ4n) is 2.82. The highest BCUT2D eigenvalue weighted by Gasteiger charge is 2.17. The quantitative estimate of drug-likeness (QED) is 0.832. The number of aromatic nitrogens is 2. The molecule has 0 aliphatic carbocycles. The highest BCUT2D eigenvalue weighted by Crippen LogP contribution is 2.24. The summed E-state index contributed by atoms with van der Waals surface area (Å²) in [5, 5.41) is 3.06. The molecule has 134 valence electrons. The fourth-order valence-corrected chi connectivity index (χ4v) is 2.82. The van der Waals surface area contributed by atoms with E-state index in [0.29, 0.717) is 31.2 Å². The van der Waals surface area contributed by atoms with Crippen LogP contribution >= 0.6 is 0 Å². The summed E-state index contributed by atoms with van der Waals surface area (Å²) >= 11 is 0. The van der Waals surface area contributed by atoms with Gasteiger partial charge in [0.15, 0.2) is 11.6 Å². The highest BCUT2D eigenvalue weighted by molar-refractivity contribution is 5.42. The van der Waals surface area contributed by atoms with Crippen molar-refractivity contribution in [3.63, 3.8) is 0 Å². The van der Waals surface area contributed by atoms with Crippen molar-refractivity contribution in [3.05, 3.63) is 47.2 Å². The third-order valence-electron chi connectivity index (χ3n) is 4.36. The second-order valence-corrected chi connectivity index (χ2v) is 6.34. The highest BCUT2D eigenvalue weighted by atomic mass is 19.1. The van der Waals surface area contributed by atoms with Crippen LogP contribution in [-0.2, 0) is 17.7 Å². The second-order valence-electron chi connectivity index (χ2n) is 6.34. The average Bonchev–Trinajstić information content (AvgIpc) is 3.13. The van der Waals surface area contributed by atoms with Crippen molar-refractivity contribution in [3.8, 4) is 5.75 Å². The molecule has 0 amide bonds. The van der Waals surface area contributed by atoms with Gasteiger partial charge in [-0.2, -0.15) is 0 Å². The van der Waals surface area contributed by atoms with E-state index in [1.54, 1.807) is 0 Å². The maximum Gasteiger partial charge on any atom is 0.186 e. The summed E-state index contributed by atoms with van der Waals surface area (Å²) < 4.78 is 25.7. The van der Waals surface area contributed by atoms with Crippen molar-refractivity contribution in [1.29, 1.82) is 0 Å². The molecule has 25 heavy (non-hydrogen) atoms. The number of nitrogens with one attached hydrogen (secondary N) is 1. The molecule has 1 unspecified atom stereocenters. The number of benzene rings is 1. The molecule has 0 saturated carbocycles. The summed E-state index contributed by atoms with van der Waals surface area (Å²) in [4.78, 5) is 7.96. The molecule has 1 aliphatic rings. The minimum atomic E-state index is -0.386. The smallest absolute Gasteiger partial charge is 0.186 e. The van der Waals surface area contributed by atoms with Crippen molar-refractivity contribution in [1.82, 2.24) is 9.97 Å². The average molecular weight is 345 g/mol. The molecule has 1 saturated heterocycles. The zero-order valence-electron chi connectivity index (χ0n) is 14.7. The van der Waals surface area contributed by atoms with E-state index in [4.69, 9.17) is 9.47 Å². The molecule has 1 aliphatic heterocycles. The van der Waals surface area contributed by atoms with Crippen LogP contribution in [0.15, 0.2) is 24.5 Å². The van der Waals surface area contributed by atoms with Gasteiger partial charge in [-0.15, -0.1) is 0 Å². The van der Waals surface area contributed by atoms with E-state index in [1.807, 2.05) is 32.0 Å². The Balaban J connectivity index is 1.69. The van der Waals surface area contributed by atoms with Crippen LogP contribution in [0.5, 0.6) is 5.75 Å². The van der Waals surface area contributed by atoms with Crippen LogP contribution in [0, 0.1) is 18.7 Å². The van der Waals surface area contributed by atoms with Crippen molar-refractivity contribution in [2.45, 2.75) is 33.2 Å². The van der Waals surface area contributed by atoms with Crippen LogP contribution in [-0.4, -0.2) is 29.8 Å². The van der Waals surface area contributed by atoms with E-state index < -0.39 is 0 Å². The molecule has 2 heterocycles. The van der Waals surface area contributed by atoms with E-state index in [0.717, 1.165) is 36.5 Å². The van der Waals surface area contributed by atoms with Gasteiger partial charge in [-0.1, -0.05) is 19.1 Å². The minimum Gasteiger partial charge on any atom is -0.493 e. The molecule has 0 spiro atoms. The molecule has 1 N–H and O–H groups in total. The van der Waals surface area contributed by atoms with Crippen LogP contribution in [0.4, 0.5) is 10.2 Å². The number of rotatable bonds is 7. The zero-order chi connectivity index (χ0) is 17.6. The van der Waals surface area contributed by atoms with Gasteiger partial charge in [0.2, 0.25) is 0 Å². The molecule has 1 atom stereocenters. The van der Waals surface area contributed by atoms with Crippen LogP contribution in [0.25, 0.3) is 0 Å². The zero-order valence-corrected chi connectivity index (χ0v) is 14.7. The molecule has 6 heteroatoms. The van der Waals surface area contributed by atoms with E-state index in [-0.39, 0.29) is 11.6 Å². The molecule has 0 bridgehead atoms. The SMILES string of the molecule is CCc1ncnc(NCc2ccc(C)cc2OCC2CCOC2)c1F. The molecule has 3 rings (SSSR count). The Kier molecular flexibility index (Phi) is 5.81. The maximum absolute atomic E-state index is 14.3. The Morgan fingerprint density at radius 3 is 3.00 bits per heavy atom. The first-order chi connectivity index (χ1) is 12.2. The van der Waals surface area contributed by atoms with Gasteiger partial charge in [0.05, 0.1) is 18.9 Å². The van der Waals surface area contributed by atoms with Crippen LogP contribution in [0.1, 0.15) is 30.2 Å². The lowest BCUT2D eigenvalue weighted by molar-refractivity contribution is 0.167. The monoisotopic (exact) mass is 345 g/mol. The van der Waals surface area contributed by atoms with Crippen molar-refractivity contribution >= 4 is 5.82 Å². The number of aryl methyl sites for hydroxylation is 2. The third kappa shape index (κ3) is 4.45. The van der Waals surface area contributed by atoms with E-state index >= 15 is 0 Å². The van der Waals surface area contributed by atoms with Crippen LogP contribution in [0.3, 0.4) is 0 Å². The number of hydrogen-bond acceptors (Lipinski definition) is 5. The molecule has 1 fully saturated rings. The lowest BCUT2D eigenvalue weighted by atomic mass is 10.1. The van der Waals surface area contributed by atoms with Gasteiger partial charge >= 0.3 is 0 Å². The first kappa shape index (κ1) is 17.6. The van der Waals surface area contributed by atoms with Gasteiger partial charge in [0.1, 0.15) is 12.1 Å². The molecule has 1 aromatic heterocycles. The Bertz CT molecular complexity index is 718. The first-order valence-electron chi connectivity index (χ1n) is 8.70. The number of halogens is 1. The Morgan fingerprint density at radius 2 is 2.24 bits per heavy atom. The summed E-state index contributed by atoms with van der Waals surface area (Å²) in [6.45, 7) is 6.54. The van der Waals surface area contributed by atoms with Gasteiger partial charge in [-0.05, 0) is 31.4 Å².